The molecule has 0 aromatic rings. The lowest BCUT2D eigenvalue weighted by atomic mass is 9.96. The molecule has 1 amide bonds. The fourth-order valence-corrected chi connectivity index (χ4v) is 13.8. The summed E-state index contributed by atoms with van der Waals surface area (Å²) in [5.74, 6) is -0.480. The largest absolute Gasteiger partial charge is 0.397 e. The van der Waals surface area contributed by atoms with Crippen LogP contribution in [0.2, 0.25) is 0 Å². The van der Waals surface area contributed by atoms with E-state index < -0.39 is 228 Å². The number of unbranched alkanes of at least 4 members (excludes halogenated alkanes) is 14. The normalized spacial score (nSPS) is 27.8. The zero-order valence-corrected chi connectivity index (χ0v) is 58.0. The first-order chi connectivity index (χ1) is 44.2. The van der Waals surface area contributed by atoms with E-state index in [1.54, 1.807) is 0 Å². The number of hydrogen-bond acceptors (Lipinski definition) is 37. The highest BCUT2D eigenvalue weighted by molar-refractivity contribution is 7.83. The predicted molar refractivity (Wildman–Crippen MR) is 306 cm³/mol. The monoisotopic (exact) mass is 1630 g/mol. The molecule has 3 heterocycles. The Morgan fingerprint density at radius 1 is 0.320 bits per heavy atom. The van der Waals surface area contributed by atoms with Crippen molar-refractivity contribution in [2.24, 2.45) is 0 Å². The first kappa shape index (κ1) is 89.1. The first-order valence-electron chi connectivity index (χ1n) is 27.8. The molecule has 48 nitrogen and oxygen atoms in total. The topological polar surface area (TPSA) is 720 Å². The molecule has 3 aliphatic heterocycles. The molecular formula is C39H73NO47S10. The van der Waals surface area contributed by atoms with Crippen molar-refractivity contribution in [3.8, 4) is 0 Å². The lowest BCUT2D eigenvalue weighted by molar-refractivity contribution is -0.369. The van der Waals surface area contributed by atoms with Gasteiger partial charge < -0.3 is 33.7 Å². The summed E-state index contributed by atoms with van der Waals surface area (Å²) in [6, 6.07) is 0. The molecule has 0 aromatic carbocycles. The van der Waals surface area contributed by atoms with Gasteiger partial charge in [-0.3, -0.25) is 50.3 Å². The van der Waals surface area contributed by atoms with Gasteiger partial charge in [0.15, 0.2) is 37.2 Å². The number of carbonyl (C=O) groups is 1. The smallest absolute Gasteiger partial charge is 0.356 e. The van der Waals surface area contributed by atoms with E-state index in [1.807, 2.05) is 0 Å². The summed E-state index contributed by atoms with van der Waals surface area (Å²) in [6.07, 6.45) is -34.1. The zero-order chi connectivity index (χ0) is 73.8. The van der Waals surface area contributed by atoms with Crippen LogP contribution >= 0.6 is 0 Å². The van der Waals surface area contributed by atoms with Crippen molar-refractivity contribution in [3.63, 3.8) is 0 Å². The molecule has 3 fully saturated rings. The van der Waals surface area contributed by atoms with Crippen molar-refractivity contribution in [1.29, 1.82) is 0 Å². The number of nitrogens with one attached hydrogen (secondary N) is 1. The minimum atomic E-state index is -6.55. The number of amides is 1. The Balaban J connectivity index is 2.16. The summed E-state index contributed by atoms with van der Waals surface area (Å²) >= 11 is 0. The molecule has 3 saturated heterocycles. The van der Waals surface area contributed by atoms with Crippen LogP contribution in [0.4, 0.5) is 0 Å². The van der Waals surface area contributed by atoms with E-state index in [9.17, 15) is 135 Å². The summed E-state index contributed by atoms with van der Waals surface area (Å²) in [7, 11) is -62.2. The molecule has 11 N–H and O–H groups in total. The van der Waals surface area contributed by atoms with Crippen molar-refractivity contribution < 1.29 is 205 Å². The van der Waals surface area contributed by atoms with Crippen LogP contribution in [0.1, 0.15) is 116 Å². The Morgan fingerprint density at radius 3 is 0.887 bits per heavy atom. The van der Waals surface area contributed by atoms with Gasteiger partial charge in [-0.15, -0.1) is 0 Å². The van der Waals surface area contributed by atoms with Gasteiger partial charge in [0.2, 0.25) is 5.91 Å². The van der Waals surface area contributed by atoms with Gasteiger partial charge in [0, 0.05) is 13.0 Å². The lowest BCUT2D eigenvalue weighted by Gasteiger charge is -2.50. The minimum Gasteiger partial charge on any atom is -0.356 e. The summed E-state index contributed by atoms with van der Waals surface area (Å²) in [6.45, 7) is -5.05. The maximum Gasteiger partial charge on any atom is 0.397 e. The van der Waals surface area contributed by atoms with E-state index in [4.69, 9.17) is 28.4 Å². The third-order valence-electron chi connectivity index (χ3n) is 13.1. The number of carbonyl (C=O) groups excluding carboxylic acids is 1. The van der Waals surface area contributed by atoms with Crippen LogP contribution < -0.4 is 5.32 Å². The van der Waals surface area contributed by atoms with E-state index in [1.165, 1.54) is 44.9 Å². The van der Waals surface area contributed by atoms with Crippen LogP contribution in [0, 0.1) is 0 Å². The van der Waals surface area contributed by atoms with Crippen LogP contribution in [-0.4, -0.2) is 261 Å². The Labute approximate surface area is 557 Å². The van der Waals surface area contributed by atoms with Crippen molar-refractivity contribution >= 4 is 110 Å². The Kier molecular flexibility index (Phi) is 35.5. The predicted octanol–water partition coefficient (Wildman–Crippen LogP) is -2.51. The van der Waals surface area contributed by atoms with E-state index in [-0.39, 0.29) is 19.4 Å². The van der Waals surface area contributed by atoms with Crippen LogP contribution in [-0.2, 0) is 179 Å². The maximum absolute atomic E-state index is 12.7. The van der Waals surface area contributed by atoms with E-state index in [0.717, 1.165) is 38.5 Å². The summed E-state index contributed by atoms with van der Waals surface area (Å²) in [5.41, 5.74) is 0. The number of hydrogen-bond donors (Lipinski definition) is 11. The maximum atomic E-state index is 12.7. The highest BCUT2D eigenvalue weighted by Crippen LogP contribution is 2.40. The Bertz CT molecular complexity index is 3670. The summed E-state index contributed by atoms with van der Waals surface area (Å²) in [4.78, 5) is 12.7. The molecule has 0 bridgehead atoms. The molecule has 0 saturated carbocycles. The SMILES string of the molecule is CCCCCCCCCCCCCCCCCC(=O)NCCCOC1O[C@H](COS(=O)(=O)O)C(OC2O[C@H](COS(=O)(=O)O)C(OC3O[C@H](COS(=O)(=O)O)[C@@H](OS(=O)(=O)O)[C@H](OS(=O)(=O)O)[C@H]3OS(=O)(=O)O)[C@H](OS(=O)(=O)O)[C@H]2OS(=O)(=O)O)[C@H](OS(=O)(=O)O)[C@H]1OS(=O)(=O)O. The van der Waals surface area contributed by atoms with Gasteiger partial charge in [0.25, 0.3) is 0 Å². The fraction of sp³-hybridized carbons (Fsp3) is 0.974. The molecule has 0 aromatic heterocycles. The van der Waals surface area contributed by atoms with Gasteiger partial charge in [-0.1, -0.05) is 96.8 Å². The van der Waals surface area contributed by atoms with Gasteiger partial charge >= 0.3 is 104 Å². The lowest BCUT2D eigenvalue weighted by Crippen LogP contribution is -2.69. The van der Waals surface area contributed by atoms with E-state index in [0.29, 0.717) is 12.8 Å². The molecule has 5 unspecified atom stereocenters. The van der Waals surface area contributed by atoms with Crippen molar-refractivity contribution in [2.75, 3.05) is 33.0 Å². The highest BCUT2D eigenvalue weighted by Gasteiger charge is 2.61. The second kappa shape index (κ2) is 38.6. The van der Waals surface area contributed by atoms with Gasteiger partial charge in [0.1, 0.15) is 54.9 Å². The van der Waals surface area contributed by atoms with E-state index >= 15 is 0 Å². The fourth-order valence-electron chi connectivity index (χ4n) is 9.47. The molecule has 3 aliphatic rings. The molecule has 3 rings (SSSR count). The van der Waals surface area contributed by atoms with Crippen molar-refractivity contribution in [2.45, 2.75) is 208 Å². The van der Waals surface area contributed by atoms with Crippen molar-refractivity contribution in [1.82, 2.24) is 5.32 Å². The van der Waals surface area contributed by atoms with Gasteiger partial charge in [-0.25, -0.2) is 41.8 Å². The van der Waals surface area contributed by atoms with Crippen molar-refractivity contribution in [3.05, 3.63) is 0 Å². The first-order valence-corrected chi connectivity index (χ1v) is 41.5. The van der Waals surface area contributed by atoms with E-state index in [2.05, 4.69) is 54.1 Å². The zero-order valence-electron chi connectivity index (χ0n) is 49.9. The third-order valence-corrected chi connectivity index (χ3v) is 17.6. The molecule has 576 valence electrons. The highest BCUT2D eigenvalue weighted by atomic mass is 32.3. The quantitative estimate of drug-likeness (QED) is 0.0221. The van der Waals surface area contributed by atoms with Gasteiger partial charge in [0.05, 0.1) is 26.4 Å². The van der Waals surface area contributed by atoms with Crippen LogP contribution in [0.3, 0.4) is 0 Å². The summed E-state index contributed by atoms with van der Waals surface area (Å²) in [5, 5.41) is 2.52. The van der Waals surface area contributed by atoms with Gasteiger partial charge in [-0.2, -0.15) is 84.2 Å². The minimum absolute atomic E-state index is 0.0412. The Hall–Kier alpha value is -2.07. The van der Waals surface area contributed by atoms with Crippen LogP contribution in [0.15, 0.2) is 0 Å². The molecular weight excluding hydrogens is 1560 g/mol. The molecule has 97 heavy (non-hydrogen) atoms. The molecule has 0 radical (unpaired) electrons. The van der Waals surface area contributed by atoms with Crippen LogP contribution in [0.25, 0.3) is 0 Å². The summed E-state index contributed by atoms with van der Waals surface area (Å²) < 4.78 is 418. The second-order valence-electron chi connectivity index (χ2n) is 20.7. The molecule has 15 atom stereocenters. The molecule has 0 aliphatic carbocycles. The third kappa shape index (κ3) is 38.3. The average molecular weight is 1630 g/mol. The average Bonchev–Trinajstić information content (AvgIpc) is 0.759. The molecule has 0 spiro atoms. The standard InChI is InChI=1S/C39H73NO47S10/c1-2-3-4-5-6-7-8-9-10-11-12-13-14-15-16-18-27(41)40-19-17-20-72-37-34(85-95(63,64)65)31(82-92(54,55)56)28(24(76-37)21-73-88(42,43)44)79-38-35(86-96(66,67)68)32(83-93(57,58)59)29(25(77-38)22-74-89(45,46)47)80-39-36(87-97(69,70)71)33(84-94(60,61)62)30(81-91(51,52)53)26(78-39)23-75-90(48,49)50/h24-26,28-39H,2-23H2,1H3,(H,40,41)(H,42,43,44)(H,45,46,47)(H,48,49,50)(H,51,52,53)(H,54,55,56)(H,57,58,59)(H,60,61,62)(H,63,64,65)(H,66,67,68)(H,69,70,71)/t24-,25-,26-,28?,29?,30-,31+,32+,33+,34-,35-,36-,37?,38?,39?/m1/s1. The Morgan fingerprint density at radius 2 is 0.577 bits per heavy atom. The number of ether oxygens (including phenoxy) is 6. The van der Waals surface area contributed by atoms with Crippen LogP contribution in [0.5, 0.6) is 0 Å². The van der Waals surface area contributed by atoms with Gasteiger partial charge in [-0.05, 0) is 12.8 Å². The number of rotatable bonds is 48. The molecule has 58 heteroatoms. The second-order valence-corrected chi connectivity index (χ2v) is 31.3.